The fourth-order valence-corrected chi connectivity index (χ4v) is 2.30. The van der Waals surface area contributed by atoms with Crippen LogP contribution in [0.2, 0.25) is 0 Å². The van der Waals surface area contributed by atoms with Crippen molar-refractivity contribution in [1.29, 1.82) is 0 Å². The number of ether oxygens (including phenoxy) is 3. The molecule has 0 aromatic heterocycles. The highest BCUT2D eigenvalue weighted by atomic mass is 35.5. The molecule has 0 rings (SSSR count). The molecule has 1 unspecified atom stereocenters. The van der Waals surface area contributed by atoms with Gasteiger partial charge in [0.25, 0.3) is 5.97 Å². The van der Waals surface area contributed by atoms with E-state index in [1.54, 1.807) is 0 Å². The molecule has 0 heterocycles. The summed E-state index contributed by atoms with van der Waals surface area (Å²) in [5.41, 5.74) is -1.16. The summed E-state index contributed by atoms with van der Waals surface area (Å²) in [5, 5.41) is 10.4. The van der Waals surface area contributed by atoms with Crippen molar-refractivity contribution in [3.8, 4) is 0 Å². The lowest BCUT2D eigenvalue weighted by Crippen LogP contribution is -2.48. The van der Waals surface area contributed by atoms with Gasteiger partial charge in [-0.15, -0.1) is 23.2 Å². The van der Waals surface area contributed by atoms with Crippen LogP contribution in [0.1, 0.15) is 33.6 Å². The maximum absolute atomic E-state index is 10.4. The molecular weight excluding hydrogens is 279 g/mol. The fraction of sp³-hybridized carbons (Fsp3) is 1.00. The van der Waals surface area contributed by atoms with Crippen LogP contribution in [0.5, 0.6) is 0 Å². The Morgan fingerprint density at radius 1 is 0.944 bits per heavy atom. The van der Waals surface area contributed by atoms with Crippen molar-refractivity contribution in [3.05, 3.63) is 0 Å². The van der Waals surface area contributed by atoms with Crippen LogP contribution < -0.4 is 0 Å². The lowest BCUT2D eigenvalue weighted by atomic mass is 9.97. The zero-order chi connectivity index (χ0) is 14.1. The van der Waals surface area contributed by atoms with E-state index >= 15 is 0 Å². The molecule has 0 aliphatic carbocycles. The van der Waals surface area contributed by atoms with Crippen LogP contribution >= 0.6 is 23.2 Å². The van der Waals surface area contributed by atoms with Gasteiger partial charge in [-0.25, -0.2) is 0 Å². The maximum Gasteiger partial charge on any atom is 0.285 e. The minimum atomic E-state index is -1.26. The quantitative estimate of drug-likeness (QED) is 0.471. The number of alkyl halides is 2. The summed E-state index contributed by atoms with van der Waals surface area (Å²) >= 11 is 11.5. The van der Waals surface area contributed by atoms with E-state index in [-0.39, 0.29) is 12.3 Å². The smallest absolute Gasteiger partial charge is 0.285 e. The van der Waals surface area contributed by atoms with E-state index < -0.39 is 11.6 Å². The molecule has 0 saturated carbocycles. The Morgan fingerprint density at radius 2 is 1.39 bits per heavy atom. The van der Waals surface area contributed by atoms with Crippen molar-refractivity contribution >= 4 is 23.2 Å². The van der Waals surface area contributed by atoms with E-state index in [2.05, 4.69) is 0 Å². The van der Waals surface area contributed by atoms with Crippen LogP contribution in [-0.4, -0.2) is 48.3 Å². The molecule has 0 saturated heterocycles. The Bertz CT molecular complexity index is 199. The topological polar surface area (TPSA) is 47.9 Å². The van der Waals surface area contributed by atoms with Crippen molar-refractivity contribution < 1.29 is 19.3 Å². The van der Waals surface area contributed by atoms with Crippen LogP contribution in [0.3, 0.4) is 0 Å². The average molecular weight is 303 g/mol. The van der Waals surface area contributed by atoms with Gasteiger partial charge < -0.3 is 19.3 Å². The molecule has 1 N–H and O–H groups in total. The van der Waals surface area contributed by atoms with Gasteiger partial charge in [-0.2, -0.15) is 0 Å². The van der Waals surface area contributed by atoms with Gasteiger partial charge in [0.15, 0.2) is 0 Å². The van der Waals surface area contributed by atoms with Gasteiger partial charge in [0.1, 0.15) is 0 Å². The van der Waals surface area contributed by atoms with Crippen molar-refractivity contribution in [2.45, 2.75) is 45.2 Å². The summed E-state index contributed by atoms with van der Waals surface area (Å²) in [6.45, 7) is 6.77. The molecule has 0 bridgehead atoms. The summed E-state index contributed by atoms with van der Waals surface area (Å²) in [4.78, 5) is 0. The Hall–Kier alpha value is 0.420. The molecule has 0 fully saturated rings. The van der Waals surface area contributed by atoms with Gasteiger partial charge in [0.05, 0.1) is 17.9 Å². The van der Waals surface area contributed by atoms with E-state index in [0.29, 0.717) is 32.1 Å². The highest BCUT2D eigenvalue weighted by Crippen LogP contribution is 2.31. The SMILES string of the molecule is CCOC(CC(O)(CCl)CCCl)(OCC)OCC. The maximum atomic E-state index is 10.4. The van der Waals surface area contributed by atoms with Gasteiger partial charge in [0, 0.05) is 25.7 Å². The van der Waals surface area contributed by atoms with E-state index in [1.807, 2.05) is 20.8 Å². The Labute approximate surface area is 119 Å². The highest BCUT2D eigenvalue weighted by Gasteiger charge is 2.42. The summed E-state index contributed by atoms with van der Waals surface area (Å²) in [7, 11) is 0. The second kappa shape index (κ2) is 9.34. The molecule has 0 aromatic carbocycles. The van der Waals surface area contributed by atoms with Gasteiger partial charge in [0.2, 0.25) is 0 Å². The normalized spacial score (nSPS) is 15.7. The Kier molecular flexibility index (Phi) is 9.56. The first kappa shape index (κ1) is 18.4. The summed E-state index contributed by atoms with van der Waals surface area (Å²) in [6, 6.07) is 0. The third kappa shape index (κ3) is 6.04. The van der Waals surface area contributed by atoms with Gasteiger partial charge in [-0.3, -0.25) is 0 Å². The Balaban J connectivity index is 4.91. The van der Waals surface area contributed by atoms with Crippen molar-refractivity contribution in [2.75, 3.05) is 31.6 Å². The summed E-state index contributed by atoms with van der Waals surface area (Å²) in [5.74, 6) is -0.897. The molecule has 0 aliphatic heterocycles. The van der Waals surface area contributed by atoms with Crippen molar-refractivity contribution in [3.63, 3.8) is 0 Å². The van der Waals surface area contributed by atoms with Crippen LogP contribution in [0.4, 0.5) is 0 Å². The molecule has 110 valence electrons. The first-order valence-corrected chi connectivity index (χ1v) is 7.34. The van der Waals surface area contributed by atoms with Crippen molar-refractivity contribution in [2.24, 2.45) is 0 Å². The van der Waals surface area contributed by atoms with E-state index in [0.717, 1.165) is 0 Å². The number of hydrogen-bond acceptors (Lipinski definition) is 4. The minimum Gasteiger partial charge on any atom is -0.388 e. The zero-order valence-corrected chi connectivity index (χ0v) is 12.9. The highest BCUT2D eigenvalue weighted by molar-refractivity contribution is 6.19. The molecule has 0 aliphatic rings. The first-order valence-electron chi connectivity index (χ1n) is 6.27. The standard InChI is InChI=1S/C12H24Cl2O4/c1-4-16-12(17-5-2,18-6-3)9-11(15,10-14)7-8-13/h15H,4-10H2,1-3H3. The van der Waals surface area contributed by atoms with E-state index in [1.165, 1.54) is 0 Å². The molecule has 18 heavy (non-hydrogen) atoms. The molecule has 0 radical (unpaired) electrons. The molecule has 0 aromatic rings. The number of hydrogen-bond donors (Lipinski definition) is 1. The van der Waals surface area contributed by atoms with Crippen LogP contribution in [0.15, 0.2) is 0 Å². The second-order valence-electron chi connectivity index (χ2n) is 3.96. The van der Waals surface area contributed by atoms with Crippen LogP contribution in [0, 0.1) is 0 Å². The monoisotopic (exact) mass is 302 g/mol. The average Bonchev–Trinajstić information content (AvgIpc) is 2.30. The number of halogens is 2. The Morgan fingerprint density at radius 3 is 1.67 bits per heavy atom. The number of aliphatic hydroxyl groups is 1. The zero-order valence-electron chi connectivity index (χ0n) is 11.4. The predicted octanol–water partition coefficient (Wildman–Crippen LogP) is 2.74. The minimum absolute atomic E-state index is 0.0503. The van der Waals surface area contributed by atoms with Crippen molar-refractivity contribution in [1.82, 2.24) is 0 Å². The molecule has 6 heteroatoms. The largest absolute Gasteiger partial charge is 0.388 e. The summed E-state index contributed by atoms with van der Waals surface area (Å²) in [6.07, 6.45) is 0.485. The number of rotatable bonds is 11. The second-order valence-corrected chi connectivity index (χ2v) is 4.60. The first-order chi connectivity index (χ1) is 8.51. The third-order valence-corrected chi connectivity index (χ3v) is 3.13. The predicted molar refractivity (Wildman–Crippen MR) is 73.2 cm³/mol. The van der Waals surface area contributed by atoms with Gasteiger partial charge >= 0.3 is 0 Å². The molecule has 1 atom stereocenters. The van der Waals surface area contributed by atoms with E-state index in [4.69, 9.17) is 37.4 Å². The molecule has 0 spiro atoms. The van der Waals surface area contributed by atoms with Crippen LogP contribution in [0.25, 0.3) is 0 Å². The molecule has 4 nitrogen and oxygen atoms in total. The van der Waals surface area contributed by atoms with Gasteiger partial charge in [-0.1, -0.05) is 0 Å². The lowest BCUT2D eigenvalue weighted by Gasteiger charge is -2.38. The molecular formula is C12H24Cl2O4. The third-order valence-electron chi connectivity index (χ3n) is 2.45. The van der Waals surface area contributed by atoms with E-state index in [9.17, 15) is 5.11 Å². The van der Waals surface area contributed by atoms with Gasteiger partial charge in [-0.05, 0) is 27.2 Å². The lowest BCUT2D eigenvalue weighted by molar-refractivity contribution is -0.390. The molecule has 0 amide bonds. The summed E-state index contributed by atoms with van der Waals surface area (Å²) < 4.78 is 16.6. The fourth-order valence-electron chi connectivity index (χ4n) is 1.72. The van der Waals surface area contributed by atoms with Crippen LogP contribution in [-0.2, 0) is 14.2 Å².